The van der Waals surface area contributed by atoms with Gasteiger partial charge in [-0.2, -0.15) is 10.5 Å². The summed E-state index contributed by atoms with van der Waals surface area (Å²) in [4.78, 5) is 8.15. The molecule has 1 aromatic carbocycles. The molecular weight excluding hydrogens is 250 g/mol. The number of rotatable bonds is 2. The van der Waals surface area contributed by atoms with Crippen LogP contribution in [0, 0.1) is 22.7 Å². The standard InChI is InChI=1S/C15H17N5/c1-19(2)15(20(3)4)18-14(13(10-16)11-17)12-8-6-5-7-9-12/h5-9H,1-4H3. The number of guanidine groups is 1. The van der Waals surface area contributed by atoms with E-state index in [4.69, 9.17) is 10.5 Å². The molecule has 0 amide bonds. The molecule has 0 aromatic heterocycles. The molecule has 0 spiro atoms. The molecule has 0 aliphatic heterocycles. The molecule has 20 heavy (non-hydrogen) atoms. The molecule has 1 rings (SSSR count). The van der Waals surface area contributed by atoms with Crippen molar-refractivity contribution in [2.24, 2.45) is 4.99 Å². The predicted octanol–water partition coefficient (Wildman–Crippen LogP) is 1.92. The normalized spacial score (nSPS) is 8.90. The van der Waals surface area contributed by atoms with Crippen LogP contribution < -0.4 is 0 Å². The van der Waals surface area contributed by atoms with Crippen molar-refractivity contribution in [2.45, 2.75) is 0 Å². The summed E-state index contributed by atoms with van der Waals surface area (Å²) in [6.07, 6.45) is 0. The topological polar surface area (TPSA) is 66.4 Å². The van der Waals surface area contributed by atoms with Crippen LogP contribution in [0.3, 0.4) is 0 Å². The van der Waals surface area contributed by atoms with Gasteiger partial charge >= 0.3 is 0 Å². The number of hydrogen-bond acceptors (Lipinski definition) is 3. The Kier molecular flexibility index (Phi) is 5.31. The Morgan fingerprint density at radius 2 is 1.45 bits per heavy atom. The van der Waals surface area contributed by atoms with Crippen LogP contribution in [0.15, 0.2) is 40.9 Å². The van der Waals surface area contributed by atoms with Crippen LogP contribution in [0.1, 0.15) is 5.56 Å². The van der Waals surface area contributed by atoms with Gasteiger partial charge in [0.2, 0.25) is 5.96 Å². The first-order valence-corrected chi connectivity index (χ1v) is 6.04. The lowest BCUT2D eigenvalue weighted by atomic mass is 10.1. The second kappa shape index (κ2) is 6.96. The molecule has 0 radical (unpaired) electrons. The molecule has 0 unspecified atom stereocenters. The summed E-state index contributed by atoms with van der Waals surface area (Å²) in [6.45, 7) is 0. The van der Waals surface area contributed by atoms with E-state index in [0.717, 1.165) is 5.56 Å². The minimum atomic E-state index is -0.00241. The smallest absolute Gasteiger partial charge is 0.200 e. The molecule has 0 bridgehead atoms. The van der Waals surface area contributed by atoms with Crippen LogP contribution in [-0.4, -0.2) is 44.0 Å². The van der Waals surface area contributed by atoms with Gasteiger partial charge in [-0.3, -0.25) is 0 Å². The first-order chi connectivity index (χ1) is 9.51. The van der Waals surface area contributed by atoms with E-state index in [1.54, 1.807) is 0 Å². The molecule has 102 valence electrons. The van der Waals surface area contributed by atoms with Gasteiger partial charge in [0.1, 0.15) is 17.8 Å². The van der Waals surface area contributed by atoms with Crippen LogP contribution in [0.25, 0.3) is 5.70 Å². The second-order valence-electron chi connectivity index (χ2n) is 4.51. The average molecular weight is 267 g/mol. The maximum atomic E-state index is 9.12. The first-order valence-electron chi connectivity index (χ1n) is 6.04. The highest BCUT2D eigenvalue weighted by atomic mass is 15.3. The Morgan fingerprint density at radius 1 is 0.950 bits per heavy atom. The molecule has 5 heteroatoms. The fourth-order valence-corrected chi connectivity index (χ4v) is 1.69. The van der Waals surface area contributed by atoms with Crippen LogP contribution >= 0.6 is 0 Å². The van der Waals surface area contributed by atoms with Gasteiger partial charge in [0.25, 0.3) is 0 Å². The van der Waals surface area contributed by atoms with E-state index < -0.39 is 0 Å². The average Bonchev–Trinajstić information content (AvgIpc) is 2.43. The zero-order chi connectivity index (χ0) is 15.1. The highest BCUT2D eigenvalue weighted by molar-refractivity contribution is 5.88. The Morgan fingerprint density at radius 3 is 1.85 bits per heavy atom. The van der Waals surface area contributed by atoms with Crippen LogP contribution in [0.4, 0.5) is 0 Å². The van der Waals surface area contributed by atoms with Crippen molar-refractivity contribution in [2.75, 3.05) is 28.2 Å². The lowest BCUT2D eigenvalue weighted by Crippen LogP contribution is -2.35. The largest absolute Gasteiger partial charge is 0.349 e. The van der Waals surface area contributed by atoms with E-state index >= 15 is 0 Å². The third kappa shape index (κ3) is 3.60. The SMILES string of the molecule is CN(C)C(=NC(=C(C#N)C#N)c1ccccc1)N(C)C. The van der Waals surface area contributed by atoms with Crippen molar-refractivity contribution in [3.63, 3.8) is 0 Å². The molecular formula is C15H17N5. The third-order valence-electron chi connectivity index (χ3n) is 2.52. The second-order valence-corrected chi connectivity index (χ2v) is 4.51. The van der Waals surface area contributed by atoms with E-state index in [2.05, 4.69) is 4.99 Å². The number of allylic oxidation sites excluding steroid dienone is 1. The number of nitriles is 2. The number of benzene rings is 1. The van der Waals surface area contributed by atoms with E-state index in [1.165, 1.54) is 0 Å². The van der Waals surface area contributed by atoms with Gasteiger partial charge in [-0.25, -0.2) is 4.99 Å². The summed E-state index contributed by atoms with van der Waals surface area (Å²) in [5, 5.41) is 18.2. The summed E-state index contributed by atoms with van der Waals surface area (Å²) in [7, 11) is 7.44. The zero-order valence-electron chi connectivity index (χ0n) is 12.1. The third-order valence-corrected chi connectivity index (χ3v) is 2.52. The molecule has 5 nitrogen and oxygen atoms in total. The van der Waals surface area contributed by atoms with Crippen LogP contribution in [0.5, 0.6) is 0 Å². The van der Waals surface area contributed by atoms with Gasteiger partial charge in [0, 0.05) is 33.8 Å². The lowest BCUT2D eigenvalue weighted by Gasteiger charge is -2.23. The highest BCUT2D eigenvalue weighted by Crippen LogP contribution is 2.20. The number of nitrogens with zero attached hydrogens (tertiary/aromatic N) is 5. The van der Waals surface area contributed by atoms with Gasteiger partial charge in [-0.15, -0.1) is 0 Å². The van der Waals surface area contributed by atoms with Gasteiger partial charge in [-0.05, 0) is 0 Å². The van der Waals surface area contributed by atoms with Gasteiger partial charge < -0.3 is 9.80 Å². The molecule has 0 atom stereocenters. The van der Waals surface area contributed by atoms with Gasteiger partial charge in [0.15, 0.2) is 5.57 Å². The molecule has 0 heterocycles. The van der Waals surface area contributed by atoms with Crippen LogP contribution in [0.2, 0.25) is 0 Å². The fraction of sp³-hybridized carbons (Fsp3) is 0.267. The van der Waals surface area contributed by atoms with Crippen molar-refractivity contribution in [1.82, 2.24) is 9.80 Å². The van der Waals surface area contributed by atoms with E-state index in [-0.39, 0.29) is 5.57 Å². The maximum absolute atomic E-state index is 9.12. The van der Waals surface area contributed by atoms with E-state index in [1.807, 2.05) is 80.5 Å². The maximum Gasteiger partial charge on any atom is 0.200 e. The van der Waals surface area contributed by atoms with Crippen molar-refractivity contribution in [1.29, 1.82) is 10.5 Å². The quantitative estimate of drug-likeness (QED) is 0.466. The summed E-state index contributed by atoms with van der Waals surface area (Å²) < 4.78 is 0. The monoisotopic (exact) mass is 267 g/mol. The van der Waals surface area contributed by atoms with E-state index in [9.17, 15) is 0 Å². The fourth-order valence-electron chi connectivity index (χ4n) is 1.69. The molecule has 0 aliphatic rings. The Bertz CT molecular complexity index is 571. The molecule has 0 N–H and O–H groups in total. The van der Waals surface area contributed by atoms with Gasteiger partial charge in [-0.1, -0.05) is 30.3 Å². The molecule has 0 aliphatic carbocycles. The Balaban J connectivity index is 3.51. The van der Waals surface area contributed by atoms with Crippen LogP contribution in [-0.2, 0) is 0 Å². The minimum absolute atomic E-state index is 0.00241. The molecule has 0 saturated carbocycles. The minimum Gasteiger partial charge on any atom is -0.349 e. The molecule has 1 aromatic rings. The van der Waals surface area contributed by atoms with E-state index in [0.29, 0.717) is 11.7 Å². The predicted molar refractivity (Wildman–Crippen MR) is 79.4 cm³/mol. The number of hydrogen-bond donors (Lipinski definition) is 0. The van der Waals surface area contributed by atoms with Crippen molar-refractivity contribution in [3.8, 4) is 12.1 Å². The highest BCUT2D eigenvalue weighted by Gasteiger charge is 2.12. The van der Waals surface area contributed by atoms with Crippen molar-refractivity contribution in [3.05, 3.63) is 41.5 Å². The lowest BCUT2D eigenvalue weighted by molar-refractivity contribution is 0.484. The Labute approximate surface area is 119 Å². The van der Waals surface area contributed by atoms with Crippen molar-refractivity contribution >= 4 is 11.7 Å². The number of aliphatic imine (C=N–C) groups is 1. The molecule has 0 saturated heterocycles. The van der Waals surface area contributed by atoms with Gasteiger partial charge in [0.05, 0.1) is 0 Å². The first kappa shape index (κ1) is 15.3. The summed E-state index contributed by atoms with van der Waals surface area (Å²) in [5.74, 6) is 0.659. The summed E-state index contributed by atoms with van der Waals surface area (Å²) >= 11 is 0. The molecule has 0 fully saturated rings. The summed E-state index contributed by atoms with van der Waals surface area (Å²) in [5.41, 5.74) is 1.12. The van der Waals surface area contributed by atoms with Crippen molar-refractivity contribution < 1.29 is 0 Å². The Hall–Kier alpha value is -2.79. The summed E-state index contributed by atoms with van der Waals surface area (Å²) in [6, 6.07) is 13.1. The zero-order valence-corrected chi connectivity index (χ0v) is 12.1.